The smallest absolute Gasteiger partial charge is 0.338 e. The monoisotopic (exact) mass is 588 g/mol. The van der Waals surface area contributed by atoms with Crippen LogP contribution in [0.15, 0.2) is 48.5 Å². The number of esters is 1. The van der Waals surface area contributed by atoms with Crippen LogP contribution < -0.4 is 4.74 Å². The number of carbonyl (C=O) groups excluding carboxylic acids is 2. The van der Waals surface area contributed by atoms with E-state index in [9.17, 15) is 55.5 Å². The van der Waals surface area contributed by atoms with Gasteiger partial charge in [0.1, 0.15) is 59.6 Å². The van der Waals surface area contributed by atoms with Gasteiger partial charge in [0.05, 0.1) is 5.56 Å². The average Bonchev–Trinajstić information content (AvgIpc) is 2.94. The number of hydrogen-bond acceptors (Lipinski definition) is 14. The standard InChI is InChI=1S/C28H28O14/c29-14-4-1-12(2-5-14)3-6-16(30)22-17(31)9-15(10-18(22)32)41-28-26(38)25(37)24(36)21(42-28)11-40-27(39)13-7-19(33)23(35)20(34)8-13/h1-2,4-5,7-10,21,24-26,28-29,31-38H,3,6,11H2. The van der Waals surface area contributed by atoms with Gasteiger partial charge in [0.2, 0.25) is 6.29 Å². The van der Waals surface area contributed by atoms with Crippen LogP contribution in [0.5, 0.6) is 40.2 Å². The highest BCUT2D eigenvalue weighted by Crippen LogP contribution is 2.37. The predicted octanol–water partition coefficient (Wildman–Crippen LogP) is 0.779. The lowest BCUT2D eigenvalue weighted by molar-refractivity contribution is -0.277. The number of aliphatic hydroxyl groups excluding tert-OH is 3. The van der Waals surface area contributed by atoms with Gasteiger partial charge in [0, 0.05) is 18.6 Å². The first-order valence-electron chi connectivity index (χ1n) is 12.5. The molecule has 0 radical (unpaired) electrons. The molecule has 1 saturated heterocycles. The molecule has 1 heterocycles. The maximum Gasteiger partial charge on any atom is 0.338 e. The first-order chi connectivity index (χ1) is 19.8. The summed E-state index contributed by atoms with van der Waals surface area (Å²) in [6.07, 6.45) is -8.43. The number of phenolic OH excluding ortho intramolecular Hbond substituents is 6. The van der Waals surface area contributed by atoms with E-state index < -0.39 is 77.8 Å². The summed E-state index contributed by atoms with van der Waals surface area (Å²) in [6.45, 7) is -0.697. The van der Waals surface area contributed by atoms with Gasteiger partial charge in [0.25, 0.3) is 0 Å². The molecule has 5 atom stereocenters. The Morgan fingerprint density at radius 2 is 1.36 bits per heavy atom. The first-order valence-corrected chi connectivity index (χ1v) is 12.5. The Morgan fingerprint density at radius 1 is 0.762 bits per heavy atom. The molecule has 14 nitrogen and oxygen atoms in total. The Balaban J connectivity index is 1.42. The third-order valence-electron chi connectivity index (χ3n) is 6.53. The number of aryl methyl sites for hydroxylation is 1. The highest BCUT2D eigenvalue weighted by molar-refractivity contribution is 6.01. The molecule has 0 aliphatic carbocycles. The minimum absolute atomic E-state index is 0.0637. The Hall–Kier alpha value is -4.76. The number of hydrogen-bond donors (Lipinski definition) is 9. The van der Waals surface area contributed by atoms with Gasteiger partial charge >= 0.3 is 5.97 Å². The van der Waals surface area contributed by atoms with E-state index in [-0.39, 0.29) is 35.5 Å². The van der Waals surface area contributed by atoms with E-state index >= 15 is 0 Å². The number of carbonyl (C=O) groups is 2. The van der Waals surface area contributed by atoms with E-state index in [4.69, 9.17) is 14.2 Å². The molecular weight excluding hydrogens is 560 g/mol. The SMILES string of the molecule is O=C(OCC1OC(Oc2cc(O)c(C(=O)CCc3ccc(O)cc3)c(O)c2)C(O)C(O)C1O)c1cc(O)c(O)c(O)c1. The zero-order chi connectivity index (χ0) is 30.7. The third kappa shape index (κ3) is 6.58. The van der Waals surface area contributed by atoms with E-state index in [1.807, 2.05) is 0 Å². The molecule has 1 aliphatic heterocycles. The van der Waals surface area contributed by atoms with Gasteiger partial charge in [0.15, 0.2) is 23.0 Å². The summed E-state index contributed by atoms with van der Waals surface area (Å²) in [5.74, 6) is -5.62. The number of ether oxygens (including phenoxy) is 3. The molecule has 42 heavy (non-hydrogen) atoms. The molecule has 0 bridgehead atoms. The Labute approximate surface area is 237 Å². The van der Waals surface area contributed by atoms with Crippen LogP contribution in [-0.4, -0.2) is 95.0 Å². The van der Waals surface area contributed by atoms with Crippen LogP contribution in [0, 0.1) is 0 Å². The highest BCUT2D eigenvalue weighted by Gasteiger charge is 2.45. The summed E-state index contributed by atoms with van der Waals surface area (Å²) in [5, 5.41) is 89.8. The molecule has 3 aromatic carbocycles. The zero-order valence-corrected chi connectivity index (χ0v) is 21.7. The van der Waals surface area contributed by atoms with Crippen molar-refractivity contribution in [2.45, 2.75) is 43.5 Å². The summed E-state index contributed by atoms with van der Waals surface area (Å²) in [5.41, 5.74) is 0.00628. The van der Waals surface area contributed by atoms with Crippen LogP contribution in [0.25, 0.3) is 0 Å². The number of benzene rings is 3. The van der Waals surface area contributed by atoms with E-state index in [2.05, 4.69) is 0 Å². The van der Waals surface area contributed by atoms with Gasteiger partial charge in [-0.2, -0.15) is 0 Å². The van der Waals surface area contributed by atoms with Gasteiger partial charge in [-0.15, -0.1) is 0 Å². The summed E-state index contributed by atoms with van der Waals surface area (Å²) >= 11 is 0. The maximum absolute atomic E-state index is 12.7. The number of aliphatic hydroxyl groups is 3. The second-order valence-corrected chi connectivity index (χ2v) is 9.52. The zero-order valence-electron chi connectivity index (χ0n) is 21.7. The van der Waals surface area contributed by atoms with Crippen molar-refractivity contribution in [3.63, 3.8) is 0 Å². The van der Waals surface area contributed by atoms with Crippen molar-refractivity contribution in [3.8, 4) is 40.2 Å². The molecule has 0 saturated carbocycles. The van der Waals surface area contributed by atoms with Crippen LogP contribution in [0.2, 0.25) is 0 Å². The maximum atomic E-state index is 12.7. The molecule has 0 aromatic heterocycles. The molecule has 5 unspecified atom stereocenters. The molecule has 0 spiro atoms. The summed E-state index contributed by atoms with van der Waals surface area (Å²) in [7, 11) is 0. The second kappa shape index (κ2) is 12.4. The number of rotatable bonds is 9. The minimum atomic E-state index is -1.85. The summed E-state index contributed by atoms with van der Waals surface area (Å²) < 4.78 is 15.9. The molecule has 14 heteroatoms. The Morgan fingerprint density at radius 3 is 1.95 bits per heavy atom. The molecule has 9 N–H and O–H groups in total. The van der Waals surface area contributed by atoms with Crippen molar-refractivity contribution >= 4 is 11.8 Å². The fourth-order valence-electron chi connectivity index (χ4n) is 4.23. The fraction of sp³-hybridized carbons (Fsp3) is 0.286. The van der Waals surface area contributed by atoms with Crippen LogP contribution in [-0.2, 0) is 15.9 Å². The molecule has 0 amide bonds. The van der Waals surface area contributed by atoms with Crippen molar-refractivity contribution in [2.24, 2.45) is 0 Å². The van der Waals surface area contributed by atoms with Gasteiger partial charge in [-0.3, -0.25) is 4.79 Å². The second-order valence-electron chi connectivity index (χ2n) is 9.52. The van der Waals surface area contributed by atoms with Crippen molar-refractivity contribution in [3.05, 3.63) is 65.2 Å². The lowest BCUT2D eigenvalue weighted by Gasteiger charge is -2.39. The molecule has 224 valence electrons. The molecule has 3 aromatic rings. The number of Topliss-reactive ketones (excluding diaryl/α,β-unsaturated/α-hetero) is 1. The van der Waals surface area contributed by atoms with Crippen molar-refractivity contribution < 1.29 is 69.8 Å². The molecule has 4 rings (SSSR count). The molecule has 1 fully saturated rings. The van der Waals surface area contributed by atoms with Crippen LogP contribution >= 0.6 is 0 Å². The van der Waals surface area contributed by atoms with Gasteiger partial charge in [-0.25, -0.2) is 4.79 Å². The third-order valence-corrected chi connectivity index (χ3v) is 6.53. The Kier molecular flexibility index (Phi) is 8.92. The fourth-order valence-corrected chi connectivity index (χ4v) is 4.23. The van der Waals surface area contributed by atoms with Crippen molar-refractivity contribution in [2.75, 3.05) is 6.61 Å². The number of phenols is 6. The van der Waals surface area contributed by atoms with E-state index in [0.717, 1.165) is 29.8 Å². The normalized spacial score (nSPS) is 21.9. The lowest BCUT2D eigenvalue weighted by atomic mass is 9.99. The van der Waals surface area contributed by atoms with Gasteiger partial charge < -0.3 is 60.2 Å². The van der Waals surface area contributed by atoms with Crippen LogP contribution in [0.4, 0.5) is 0 Å². The van der Waals surface area contributed by atoms with Crippen molar-refractivity contribution in [1.29, 1.82) is 0 Å². The lowest BCUT2D eigenvalue weighted by Crippen LogP contribution is -2.60. The quantitative estimate of drug-likeness (QED) is 0.0953. The van der Waals surface area contributed by atoms with Gasteiger partial charge in [-0.05, 0) is 36.2 Å². The van der Waals surface area contributed by atoms with E-state index in [0.29, 0.717) is 0 Å². The number of ketones is 1. The van der Waals surface area contributed by atoms with Crippen LogP contribution in [0.1, 0.15) is 32.7 Å². The number of aromatic hydroxyl groups is 6. The Bertz CT molecular complexity index is 1410. The molecular formula is C28H28O14. The van der Waals surface area contributed by atoms with Crippen molar-refractivity contribution in [1.82, 2.24) is 0 Å². The molecule has 1 aliphatic rings. The van der Waals surface area contributed by atoms with E-state index in [1.165, 1.54) is 12.1 Å². The van der Waals surface area contributed by atoms with Crippen LogP contribution in [0.3, 0.4) is 0 Å². The van der Waals surface area contributed by atoms with Gasteiger partial charge in [-0.1, -0.05) is 12.1 Å². The largest absolute Gasteiger partial charge is 0.508 e. The highest BCUT2D eigenvalue weighted by atomic mass is 16.7. The summed E-state index contributed by atoms with van der Waals surface area (Å²) in [4.78, 5) is 25.0. The topological polar surface area (TPSA) is 244 Å². The predicted molar refractivity (Wildman–Crippen MR) is 140 cm³/mol. The first kappa shape index (κ1) is 30.2. The van der Waals surface area contributed by atoms with E-state index in [1.54, 1.807) is 12.1 Å². The minimum Gasteiger partial charge on any atom is -0.508 e. The average molecular weight is 589 g/mol. The summed E-state index contributed by atoms with van der Waals surface area (Å²) in [6, 6.07) is 9.75.